The Morgan fingerprint density at radius 3 is 2.61 bits per heavy atom. The van der Waals surface area contributed by atoms with Crippen molar-refractivity contribution in [2.24, 2.45) is 5.92 Å². The molecule has 5 nitrogen and oxygen atoms in total. The average molecular weight is 415 g/mol. The third kappa shape index (κ3) is 4.13. The van der Waals surface area contributed by atoms with Crippen molar-refractivity contribution < 1.29 is 14.3 Å². The van der Waals surface area contributed by atoms with Crippen molar-refractivity contribution >= 4 is 34.0 Å². The smallest absolute Gasteiger partial charge is 0.262 e. The van der Waals surface area contributed by atoms with E-state index in [-0.39, 0.29) is 24.3 Å². The molecule has 31 heavy (non-hydrogen) atoms. The molecule has 1 saturated carbocycles. The lowest BCUT2D eigenvalue weighted by molar-refractivity contribution is -0.122. The summed E-state index contributed by atoms with van der Waals surface area (Å²) in [4.78, 5) is 27.3. The number of benzene rings is 3. The summed E-state index contributed by atoms with van der Waals surface area (Å²) in [5.41, 5.74) is 2.79. The molecule has 2 amide bonds. The van der Waals surface area contributed by atoms with Crippen molar-refractivity contribution in [3.8, 4) is 5.75 Å². The predicted octanol–water partition coefficient (Wildman–Crippen LogP) is 4.94. The van der Waals surface area contributed by atoms with E-state index >= 15 is 0 Å². The monoisotopic (exact) mass is 414 g/mol. The van der Waals surface area contributed by atoms with E-state index in [0.29, 0.717) is 11.4 Å². The summed E-state index contributed by atoms with van der Waals surface area (Å²) in [7, 11) is 0. The van der Waals surface area contributed by atoms with Crippen LogP contribution in [-0.2, 0) is 16.0 Å². The van der Waals surface area contributed by atoms with Gasteiger partial charge in [-0.05, 0) is 59.9 Å². The van der Waals surface area contributed by atoms with E-state index in [1.54, 1.807) is 0 Å². The van der Waals surface area contributed by atoms with Crippen molar-refractivity contribution in [3.05, 3.63) is 66.2 Å². The molecule has 0 aromatic heterocycles. The molecule has 0 bridgehead atoms. The molecule has 1 heterocycles. The van der Waals surface area contributed by atoms with E-state index < -0.39 is 0 Å². The highest BCUT2D eigenvalue weighted by molar-refractivity contribution is 5.99. The largest absolute Gasteiger partial charge is 0.484 e. The number of nitrogens with one attached hydrogen (secondary N) is 1. The predicted molar refractivity (Wildman–Crippen MR) is 123 cm³/mol. The van der Waals surface area contributed by atoms with Gasteiger partial charge in [-0.2, -0.15) is 0 Å². The second-order valence-corrected chi connectivity index (χ2v) is 8.41. The molecule has 1 aliphatic carbocycles. The van der Waals surface area contributed by atoms with Crippen molar-refractivity contribution in [2.45, 2.75) is 32.1 Å². The van der Waals surface area contributed by atoms with Crippen LogP contribution in [-0.4, -0.2) is 25.0 Å². The highest BCUT2D eigenvalue weighted by Gasteiger charge is 2.31. The fourth-order valence-electron chi connectivity index (χ4n) is 4.68. The van der Waals surface area contributed by atoms with Crippen molar-refractivity contribution in [1.29, 1.82) is 0 Å². The van der Waals surface area contributed by atoms with Crippen LogP contribution in [0.4, 0.5) is 11.4 Å². The summed E-state index contributed by atoms with van der Waals surface area (Å²) in [5.74, 6) is 0.829. The third-order valence-corrected chi connectivity index (χ3v) is 6.33. The summed E-state index contributed by atoms with van der Waals surface area (Å²) < 4.78 is 5.69. The molecule has 0 saturated heterocycles. The molecule has 3 aromatic carbocycles. The molecule has 3 aromatic rings. The fraction of sp³-hybridized carbons (Fsp3) is 0.308. The van der Waals surface area contributed by atoms with Gasteiger partial charge in [-0.3, -0.25) is 9.59 Å². The molecule has 2 aliphatic rings. The van der Waals surface area contributed by atoms with Crippen LogP contribution in [0, 0.1) is 5.92 Å². The van der Waals surface area contributed by atoms with Gasteiger partial charge in [-0.15, -0.1) is 0 Å². The van der Waals surface area contributed by atoms with Gasteiger partial charge in [0.15, 0.2) is 6.61 Å². The van der Waals surface area contributed by atoms with Crippen LogP contribution in [0.5, 0.6) is 5.75 Å². The minimum Gasteiger partial charge on any atom is -0.484 e. The first-order valence-corrected chi connectivity index (χ1v) is 11.0. The van der Waals surface area contributed by atoms with Crippen LogP contribution in [0.2, 0.25) is 0 Å². The summed E-state index contributed by atoms with van der Waals surface area (Å²) in [6.45, 7) is 0.660. The van der Waals surface area contributed by atoms with E-state index in [1.165, 1.54) is 0 Å². The summed E-state index contributed by atoms with van der Waals surface area (Å²) >= 11 is 0. The van der Waals surface area contributed by atoms with Crippen LogP contribution < -0.4 is 15.0 Å². The van der Waals surface area contributed by atoms with Crippen molar-refractivity contribution in [3.63, 3.8) is 0 Å². The lowest BCUT2D eigenvalue weighted by Gasteiger charge is -2.21. The number of hydrogen-bond acceptors (Lipinski definition) is 3. The minimum atomic E-state index is -0.222. The van der Waals surface area contributed by atoms with E-state index in [4.69, 9.17) is 4.74 Å². The van der Waals surface area contributed by atoms with Gasteiger partial charge in [0, 0.05) is 23.8 Å². The highest BCUT2D eigenvalue weighted by atomic mass is 16.5. The number of carbonyl (C=O) groups is 2. The average Bonchev–Trinajstić information content (AvgIpc) is 3.47. The summed E-state index contributed by atoms with van der Waals surface area (Å²) in [5, 5.41) is 5.11. The molecule has 5 rings (SSSR count). The normalized spacial score (nSPS) is 15.8. The number of amides is 2. The van der Waals surface area contributed by atoms with Gasteiger partial charge < -0.3 is 15.0 Å². The Bertz CT molecular complexity index is 1130. The topological polar surface area (TPSA) is 58.6 Å². The zero-order valence-corrected chi connectivity index (χ0v) is 17.5. The van der Waals surface area contributed by atoms with Crippen LogP contribution in [0.15, 0.2) is 60.7 Å². The van der Waals surface area contributed by atoms with Gasteiger partial charge in [-0.25, -0.2) is 0 Å². The van der Waals surface area contributed by atoms with E-state index in [9.17, 15) is 9.59 Å². The highest BCUT2D eigenvalue weighted by Crippen LogP contribution is 2.35. The Hall–Kier alpha value is -3.34. The molecule has 0 radical (unpaired) electrons. The maximum atomic E-state index is 12.9. The molecule has 0 unspecified atom stereocenters. The number of carbonyl (C=O) groups excluding carboxylic acids is 2. The van der Waals surface area contributed by atoms with Gasteiger partial charge in [0.2, 0.25) is 5.91 Å². The van der Waals surface area contributed by atoms with Gasteiger partial charge >= 0.3 is 0 Å². The van der Waals surface area contributed by atoms with Crippen molar-refractivity contribution in [2.75, 3.05) is 23.4 Å². The lowest BCUT2D eigenvalue weighted by atomic mass is 10.1. The fourth-order valence-corrected chi connectivity index (χ4v) is 4.68. The van der Waals surface area contributed by atoms with Gasteiger partial charge in [-0.1, -0.05) is 49.2 Å². The number of rotatable bonds is 5. The third-order valence-electron chi connectivity index (χ3n) is 6.33. The Balaban J connectivity index is 1.23. The number of ether oxygens (including phenoxy) is 1. The molecule has 1 fully saturated rings. The zero-order chi connectivity index (χ0) is 21.2. The molecule has 158 valence electrons. The first-order chi connectivity index (χ1) is 15.2. The van der Waals surface area contributed by atoms with Crippen LogP contribution in [0.1, 0.15) is 31.2 Å². The van der Waals surface area contributed by atoms with Crippen molar-refractivity contribution in [1.82, 2.24) is 0 Å². The Morgan fingerprint density at radius 2 is 1.77 bits per heavy atom. The Kier molecular flexibility index (Phi) is 5.33. The van der Waals surface area contributed by atoms with Crippen LogP contribution in [0.3, 0.4) is 0 Å². The quantitative estimate of drug-likeness (QED) is 0.644. The molecule has 0 spiro atoms. The number of nitrogens with zero attached hydrogens (tertiary/aromatic N) is 1. The summed E-state index contributed by atoms with van der Waals surface area (Å²) in [6.07, 6.45) is 5.14. The lowest BCUT2D eigenvalue weighted by Crippen LogP contribution is -2.33. The molecule has 5 heteroatoms. The molecule has 1 N–H and O–H groups in total. The van der Waals surface area contributed by atoms with E-state index in [1.807, 2.05) is 65.6 Å². The van der Waals surface area contributed by atoms with Gasteiger partial charge in [0.1, 0.15) is 5.75 Å². The van der Waals surface area contributed by atoms with E-state index in [0.717, 1.165) is 60.7 Å². The second-order valence-electron chi connectivity index (χ2n) is 8.41. The number of anilines is 2. The Morgan fingerprint density at radius 1 is 0.968 bits per heavy atom. The molecule has 1 aliphatic heterocycles. The first-order valence-electron chi connectivity index (χ1n) is 11.0. The van der Waals surface area contributed by atoms with E-state index in [2.05, 4.69) is 5.32 Å². The number of hydrogen-bond donors (Lipinski definition) is 1. The standard InChI is InChI=1S/C26H26N2O3/c29-25(17-31-23-12-10-18-5-1-4-8-21(18)15-23)27-22-11-9-19-13-14-28(24(19)16-22)26(30)20-6-2-3-7-20/h1,4-5,8-12,15-16,20H,2-3,6-7,13-14,17H2,(H,27,29). The maximum Gasteiger partial charge on any atom is 0.262 e. The Labute approximate surface area is 182 Å². The maximum absolute atomic E-state index is 12.9. The first kappa shape index (κ1) is 19.6. The molecule has 0 atom stereocenters. The summed E-state index contributed by atoms with van der Waals surface area (Å²) in [6, 6.07) is 19.7. The SMILES string of the molecule is O=C(COc1ccc2ccccc2c1)Nc1ccc2c(c1)N(C(=O)C1CCCC1)CC2. The minimum absolute atomic E-state index is 0.0693. The zero-order valence-electron chi connectivity index (χ0n) is 17.5. The van der Waals surface area contributed by atoms with Gasteiger partial charge in [0.25, 0.3) is 5.91 Å². The number of fused-ring (bicyclic) bond motifs is 2. The van der Waals surface area contributed by atoms with Crippen LogP contribution >= 0.6 is 0 Å². The van der Waals surface area contributed by atoms with Gasteiger partial charge in [0.05, 0.1) is 0 Å². The molecular formula is C26H26N2O3. The second kappa shape index (κ2) is 8.42. The molecular weight excluding hydrogens is 388 g/mol. The van der Waals surface area contributed by atoms with Crippen LogP contribution in [0.25, 0.3) is 10.8 Å².